The standard InChI is InChI=1S/C23H21N5O4S/c1-15-20(11-12-32-15)21-25-26-23(27(21)14-17-7-4-3-5-8-17)33-16(2)22(29)24-18-9-6-10-19(13-18)28(30)31/h3-13,16H,14H2,1-2H3,(H,24,29). The summed E-state index contributed by atoms with van der Waals surface area (Å²) in [6, 6.07) is 17.6. The maximum atomic E-state index is 12.8. The van der Waals surface area contributed by atoms with Crippen molar-refractivity contribution in [3.63, 3.8) is 0 Å². The molecule has 0 aliphatic carbocycles. The predicted octanol–water partition coefficient (Wildman–Crippen LogP) is 4.92. The van der Waals surface area contributed by atoms with Crippen LogP contribution in [0, 0.1) is 17.0 Å². The van der Waals surface area contributed by atoms with E-state index in [0.717, 1.165) is 16.9 Å². The van der Waals surface area contributed by atoms with Gasteiger partial charge in [-0.15, -0.1) is 10.2 Å². The lowest BCUT2D eigenvalue weighted by Crippen LogP contribution is -2.23. The first-order valence-electron chi connectivity index (χ1n) is 10.2. The number of nitro groups is 1. The van der Waals surface area contributed by atoms with Gasteiger partial charge in [-0.1, -0.05) is 48.2 Å². The van der Waals surface area contributed by atoms with E-state index in [1.165, 1.54) is 30.0 Å². The fraction of sp³-hybridized carbons (Fsp3) is 0.174. The molecule has 1 N–H and O–H groups in total. The molecule has 0 radical (unpaired) electrons. The second-order valence-electron chi connectivity index (χ2n) is 7.33. The molecular weight excluding hydrogens is 442 g/mol. The topological polar surface area (TPSA) is 116 Å². The van der Waals surface area contributed by atoms with Crippen LogP contribution in [-0.2, 0) is 11.3 Å². The molecule has 9 nitrogen and oxygen atoms in total. The van der Waals surface area contributed by atoms with Crippen molar-refractivity contribution >= 4 is 29.0 Å². The Morgan fingerprint density at radius 3 is 2.67 bits per heavy atom. The van der Waals surface area contributed by atoms with Crippen LogP contribution >= 0.6 is 11.8 Å². The summed E-state index contributed by atoms with van der Waals surface area (Å²) in [5.41, 5.74) is 2.17. The molecule has 4 aromatic rings. The molecule has 168 valence electrons. The number of aromatic nitrogens is 3. The number of thioether (sulfide) groups is 1. The van der Waals surface area contributed by atoms with Crippen molar-refractivity contribution in [1.29, 1.82) is 0 Å². The van der Waals surface area contributed by atoms with Gasteiger partial charge in [0.25, 0.3) is 5.69 Å². The van der Waals surface area contributed by atoms with E-state index in [1.807, 2.05) is 47.9 Å². The second kappa shape index (κ2) is 9.70. The summed E-state index contributed by atoms with van der Waals surface area (Å²) in [5.74, 6) is 1.08. The van der Waals surface area contributed by atoms with Gasteiger partial charge in [-0.2, -0.15) is 0 Å². The Kier molecular flexibility index (Phi) is 6.55. The summed E-state index contributed by atoms with van der Waals surface area (Å²) < 4.78 is 7.40. The Hall–Kier alpha value is -3.92. The summed E-state index contributed by atoms with van der Waals surface area (Å²) in [7, 11) is 0. The van der Waals surface area contributed by atoms with Crippen molar-refractivity contribution in [3.05, 3.63) is 88.4 Å². The zero-order valence-electron chi connectivity index (χ0n) is 18.0. The average Bonchev–Trinajstić information content (AvgIpc) is 3.40. The molecule has 1 unspecified atom stereocenters. The van der Waals surface area contributed by atoms with Crippen LogP contribution in [0.2, 0.25) is 0 Å². The summed E-state index contributed by atoms with van der Waals surface area (Å²) in [5, 5.41) is 22.5. The molecule has 2 aromatic heterocycles. The van der Waals surface area contributed by atoms with Crippen molar-refractivity contribution in [2.45, 2.75) is 30.8 Å². The Morgan fingerprint density at radius 1 is 1.18 bits per heavy atom. The SMILES string of the molecule is Cc1occc1-c1nnc(SC(C)C(=O)Nc2cccc([N+](=O)[O-])c2)n1Cc1ccccc1. The number of hydrogen-bond donors (Lipinski definition) is 1. The monoisotopic (exact) mass is 463 g/mol. The molecule has 2 heterocycles. The third-order valence-corrected chi connectivity index (χ3v) is 6.06. The van der Waals surface area contributed by atoms with Crippen molar-refractivity contribution in [2.75, 3.05) is 5.32 Å². The molecule has 0 bridgehead atoms. The molecule has 10 heteroatoms. The van der Waals surface area contributed by atoms with Gasteiger partial charge in [0.15, 0.2) is 11.0 Å². The molecular formula is C23H21N5O4S. The minimum absolute atomic E-state index is 0.0872. The van der Waals surface area contributed by atoms with Gasteiger partial charge in [-0.3, -0.25) is 19.5 Å². The summed E-state index contributed by atoms with van der Waals surface area (Å²) in [6.07, 6.45) is 1.61. The van der Waals surface area contributed by atoms with Crippen molar-refractivity contribution in [2.24, 2.45) is 0 Å². The molecule has 0 aliphatic heterocycles. The van der Waals surface area contributed by atoms with Gasteiger partial charge in [0.1, 0.15) is 5.76 Å². The van der Waals surface area contributed by atoms with E-state index < -0.39 is 10.2 Å². The molecule has 0 fully saturated rings. The number of hydrogen-bond acceptors (Lipinski definition) is 7. The second-order valence-corrected chi connectivity index (χ2v) is 8.63. The first-order chi connectivity index (χ1) is 15.9. The molecule has 0 saturated carbocycles. The zero-order chi connectivity index (χ0) is 23.4. The van der Waals surface area contributed by atoms with Gasteiger partial charge in [-0.25, -0.2) is 0 Å². The molecule has 1 atom stereocenters. The maximum Gasteiger partial charge on any atom is 0.271 e. The van der Waals surface area contributed by atoms with Gasteiger partial charge in [0.05, 0.1) is 28.5 Å². The predicted molar refractivity (Wildman–Crippen MR) is 125 cm³/mol. The lowest BCUT2D eigenvalue weighted by molar-refractivity contribution is -0.384. The third kappa shape index (κ3) is 5.12. The van der Waals surface area contributed by atoms with Crippen LogP contribution in [0.15, 0.2) is 76.5 Å². The fourth-order valence-electron chi connectivity index (χ4n) is 3.25. The number of aryl methyl sites for hydroxylation is 1. The third-order valence-electron chi connectivity index (χ3n) is 4.98. The molecule has 0 saturated heterocycles. The Bertz CT molecular complexity index is 1290. The minimum atomic E-state index is -0.527. The normalized spacial score (nSPS) is 11.8. The van der Waals surface area contributed by atoms with Crippen LogP contribution in [0.5, 0.6) is 0 Å². The molecule has 2 aromatic carbocycles. The number of rotatable bonds is 8. The van der Waals surface area contributed by atoms with Gasteiger partial charge in [0.2, 0.25) is 5.91 Å². The highest BCUT2D eigenvalue weighted by Crippen LogP contribution is 2.30. The highest BCUT2D eigenvalue weighted by Gasteiger charge is 2.23. The van der Waals surface area contributed by atoms with Crippen LogP contribution in [0.25, 0.3) is 11.4 Å². The zero-order valence-corrected chi connectivity index (χ0v) is 18.8. The highest BCUT2D eigenvalue weighted by atomic mass is 32.2. The highest BCUT2D eigenvalue weighted by molar-refractivity contribution is 8.00. The van der Waals surface area contributed by atoms with Crippen LogP contribution in [0.3, 0.4) is 0 Å². The van der Waals surface area contributed by atoms with Crippen LogP contribution in [0.1, 0.15) is 18.2 Å². The number of furan rings is 1. The lowest BCUT2D eigenvalue weighted by Gasteiger charge is -2.14. The van der Waals surface area contributed by atoms with E-state index in [2.05, 4.69) is 15.5 Å². The van der Waals surface area contributed by atoms with Gasteiger partial charge < -0.3 is 9.73 Å². The molecule has 33 heavy (non-hydrogen) atoms. The number of non-ortho nitro benzene ring substituents is 1. The molecule has 1 amide bonds. The Balaban J connectivity index is 1.57. The minimum Gasteiger partial charge on any atom is -0.469 e. The van der Waals surface area contributed by atoms with Crippen molar-refractivity contribution in [1.82, 2.24) is 14.8 Å². The maximum absolute atomic E-state index is 12.8. The number of amides is 1. The molecule has 4 rings (SSSR count). The van der Waals surface area contributed by atoms with Crippen molar-refractivity contribution in [3.8, 4) is 11.4 Å². The van der Waals surface area contributed by atoms with Gasteiger partial charge in [0, 0.05) is 17.8 Å². The van der Waals surface area contributed by atoms with Gasteiger partial charge >= 0.3 is 0 Å². The van der Waals surface area contributed by atoms with E-state index in [4.69, 9.17) is 4.42 Å². The van der Waals surface area contributed by atoms with Crippen LogP contribution in [0.4, 0.5) is 11.4 Å². The summed E-state index contributed by atoms with van der Waals surface area (Å²) in [6.45, 7) is 4.13. The number of nitrogens with zero attached hydrogens (tertiary/aromatic N) is 4. The lowest BCUT2D eigenvalue weighted by atomic mass is 10.2. The van der Waals surface area contributed by atoms with E-state index >= 15 is 0 Å². The quantitative estimate of drug-likeness (QED) is 0.224. The van der Waals surface area contributed by atoms with E-state index in [9.17, 15) is 14.9 Å². The number of carbonyl (C=O) groups excluding carboxylic acids is 1. The van der Waals surface area contributed by atoms with Crippen LogP contribution in [-0.4, -0.2) is 30.8 Å². The first kappa shape index (κ1) is 22.3. The first-order valence-corrected chi connectivity index (χ1v) is 11.0. The molecule has 0 aliphatic rings. The number of carbonyl (C=O) groups is 1. The number of anilines is 1. The average molecular weight is 464 g/mol. The van der Waals surface area contributed by atoms with E-state index in [1.54, 1.807) is 19.3 Å². The largest absolute Gasteiger partial charge is 0.469 e. The smallest absolute Gasteiger partial charge is 0.271 e. The fourth-order valence-corrected chi connectivity index (χ4v) is 4.10. The van der Waals surface area contributed by atoms with Crippen molar-refractivity contribution < 1.29 is 14.1 Å². The summed E-state index contributed by atoms with van der Waals surface area (Å²) in [4.78, 5) is 23.3. The van der Waals surface area contributed by atoms with Gasteiger partial charge in [-0.05, 0) is 31.5 Å². The van der Waals surface area contributed by atoms with E-state index in [-0.39, 0.29) is 11.6 Å². The summed E-state index contributed by atoms with van der Waals surface area (Å²) >= 11 is 1.26. The Morgan fingerprint density at radius 2 is 1.97 bits per heavy atom. The number of nitrogens with one attached hydrogen (secondary N) is 1. The number of benzene rings is 2. The Labute approximate surface area is 194 Å². The van der Waals surface area contributed by atoms with E-state index in [0.29, 0.717) is 23.2 Å². The number of nitro benzene ring substituents is 1. The molecule has 0 spiro atoms. The van der Waals surface area contributed by atoms with Crippen LogP contribution < -0.4 is 5.32 Å².